The van der Waals surface area contributed by atoms with E-state index in [9.17, 15) is 26.4 Å². The number of rotatable bonds is 5. The van der Waals surface area contributed by atoms with Crippen LogP contribution in [0.4, 0.5) is 13.2 Å². The highest BCUT2D eigenvalue weighted by Crippen LogP contribution is 2.30. The molecule has 10 heteroatoms. The van der Waals surface area contributed by atoms with Crippen LogP contribution in [0, 0.1) is 0 Å². The second kappa shape index (κ2) is 8.75. The molecule has 1 N–H and O–H groups in total. The third kappa shape index (κ3) is 5.00. The fraction of sp³-hybridized carbons (Fsp3) is 0.350. The van der Waals surface area contributed by atoms with Crippen LogP contribution in [-0.4, -0.2) is 44.9 Å². The molecule has 1 unspecified atom stereocenters. The van der Waals surface area contributed by atoms with Crippen LogP contribution in [-0.2, 0) is 20.9 Å². The Morgan fingerprint density at radius 2 is 1.73 bits per heavy atom. The molecule has 0 aliphatic carbocycles. The Kier molecular flexibility index (Phi) is 6.49. The predicted octanol–water partition coefficient (Wildman–Crippen LogP) is 3.22. The Balaban J connectivity index is 1.73. The molecule has 0 spiro atoms. The van der Waals surface area contributed by atoms with Gasteiger partial charge in [0.25, 0.3) is 5.91 Å². The van der Waals surface area contributed by atoms with E-state index in [2.05, 4.69) is 5.32 Å². The molecular weight excluding hydrogens is 421 g/mol. The number of carbonyl (C=O) groups is 1. The number of hydrogen-bond acceptors (Lipinski definition) is 4. The van der Waals surface area contributed by atoms with Crippen molar-refractivity contribution < 1.29 is 31.1 Å². The van der Waals surface area contributed by atoms with E-state index < -0.39 is 33.7 Å². The van der Waals surface area contributed by atoms with E-state index in [1.807, 2.05) is 0 Å². The van der Waals surface area contributed by atoms with Crippen LogP contribution in [0.3, 0.4) is 0 Å². The maximum Gasteiger partial charge on any atom is 0.416 e. The summed E-state index contributed by atoms with van der Waals surface area (Å²) in [6.07, 6.45) is -4.43. The maximum atomic E-state index is 12.8. The first kappa shape index (κ1) is 22.3. The molecular formula is C20H21F3N2O4S. The smallest absolute Gasteiger partial charge is 0.379 e. The summed E-state index contributed by atoms with van der Waals surface area (Å²) in [7, 11) is -3.75. The normalized spacial score (nSPS) is 16.8. The van der Waals surface area contributed by atoms with Crippen molar-refractivity contribution in [1.29, 1.82) is 0 Å². The molecule has 0 aromatic heterocycles. The van der Waals surface area contributed by atoms with Crippen molar-refractivity contribution in [2.45, 2.75) is 24.0 Å². The van der Waals surface area contributed by atoms with Gasteiger partial charge in [-0.3, -0.25) is 4.79 Å². The van der Waals surface area contributed by atoms with Crippen LogP contribution in [0.5, 0.6) is 0 Å². The highest BCUT2D eigenvalue weighted by molar-refractivity contribution is 7.89. The molecule has 2 aromatic rings. The maximum absolute atomic E-state index is 12.8. The number of nitrogens with one attached hydrogen (secondary N) is 1. The number of halogens is 3. The molecule has 0 radical (unpaired) electrons. The van der Waals surface area contributed by atoms with Crippen LogP contribution in [0.2, 0.25) is 0 Å². The standard InChI is InChI=1S/C20H21F3N2O4S/c1-14(15-5-7-17(8-6-15)20(21,22)23)24-19(26)16-3-2-4-18(13-16)30(27,28)25-9-11-29-12-10-25/h2-8,13-14H,9-12H2,1H3,(H,24,26). The molecule has 30 heavy (non-hydrogen) atoms. The molecule has 3 rings (SSSR count). The molecule has 1 amide bonds. The topological polar surface area (TPSA) is 75.7 Å². The fourth-order valence-electron chi connectivity index (χ4n) is 3.06. The van der Waals surface area contributed by atoms with Gasteiger partial charge in [0.2, 0.25) is 10.0 Å². The average molecular weight is 442 g/mol. The van der Waals surface area contributed by atoms with E-state index in [0.717, 1.165) is 12.1 Å². The zero-order chi connectivity index (χ0) is 21.9. The summed E-state index contributed by atoms with van der Waals surface area (Å²) in [6, 6.07) is 9.60. The number of morpholine rings is 1. The number of hydrogen-bond donors (Lipinski definition) is 1. The monoisotopic (exact) mass is 442 g/mol. The summed E-state index contributed by atoms with van der Waals surface area (Å²) in [4.78, 5) is 12.6. The minimum absolute atomic E-state index is 0.000710. The number of sulfonamides is 1. The van der Waals surface area contributed by atoms with E-state index in [0.29, 0.717) is 18.8 Å². The number of benzene rings is 2. The molecule has 1 aliphatic rings. The zero-order valence-electron chi connectivity index (χ0n) is 16.1. The van der Waals surface area contributed by atoms with E-state index in [1.165, 1.54) is 40.7 Å². The van der Waals surface area contributed by atoms with Gasteiger partial charge in [-0.15, -0.1) is 0 Å². The minimum atomic E-state index is -4.43. The van der Waals surface area contributed by atoms with Gasteiger partial charge < -0.3 is 10.1 Å². The summed E-state index contributed by atoms with van der Waals surface area (Å²) < 4.78 is 70.1. The van der Waals surface area contributed by atoms with Crippen molar-refractivity contribution in [2.75, 3.05) is 26.3 Å². The van der Waals surface area contributed by atoms with Gasteiger partial charge in [-0.05, 0) is 42.8 Å². The third-order valence-electron chi connectivity index (χ3n) is 4.79. The van der Waals surface area contributed by atoms with Crippen molar-refractivity contribution in [2.24, 2.45) is 0 Å². The Hall–Kier alpha value is -2.43. The van der Waals surface area contributed by atoms with Crippen LogP contribution < -0.4 is 5.32 Å². The van der Waals surface area contributed by atoms with Crippen LogP contribution in [0.15, 0.2) is 53.4 Å². The molecule has 1 fully saturated rings. The summed E-state index contributed by atoms with van der Waals surface area (Å²) in [5.41, 5.74) is -0.137. The van der Waals surface area contributed by atoms with Gasteiger partial charge in [0.15, 0.2) is 0 Å². The van der Waals surface area contributed by atoms with E-state index in [4.69, 9.17) is 4.74 Å². The van der Waals surface area contributed by atoms with Crippen molar-refractivity contribution in [1.82, 2.24) is 9.62 Å². The largest absolute Gasteiger partial charge is 0.416 e. The lowest BCUT2D eigenvalue weighted by atomic mass is 10.1. The molecule has 1 saturated heterocycles. The van der Waals surface area contributed by atoms with Gasteiger partial charge in [0, 0.05) is 18.7 Å². The minimum Gasteiger partial charge on any atom is -0.379 e. The summed E-state index contributed by atoms with van der Waals surface area (Å²) >= 11 is 0. The van der Waals surface area contributed by atoms with Gasteiger partial charge in [0.1, 0.15) is 0 Å². The van der Waals surface area contributed by atoms with Crippen molar-refractivity contribution in [3.63, 3.8) is 0 Å². The molecule has 6 nitrogen and oxygen atoms in total. The van der Waals surface area contributed by atoms with Crippen LogP contribution in [0.25, 0.3) is 0 Å². The quantitative estimate of drug-likeness (QED) is 0.772. The molecule has 0 bridgehead atoms. The lowest BCUT2D eigenvalue weighted by Crippen LogP contribution is -2.40. The molecule has 0 saturated carbocycles. The second-order valence-electron chi connectivity index (χ2n) is 6.86. The molecule has 1 aliphatic heterocycles. The van der Waals surface area contributed by atoms with E-state index in [-0.39, 0.29) is 23.5 Å². The van der Waals surface area contributed by atoms with Crippen molar-refractivity contribution in [3.05, 3.63) is 65.2 Å². The first-order valence-corrected chi connectivity index (χ1v) is 10.7. The average Bonchev–Trinajstić information content (AvgIpc) is 2.74. The third-order valence-corrected chi connectivity index (χ3v) is 6.68. The van der Waals surface area contributed by atoms with Gasteiger partial charge >= 0.3 is 6.18 Å². The Morgan fingerprint density at radius 3 is 2.33 bits per heavy atom. The SMILES string of the molecule is CC(NC(=O)c1cccc(S(=O)(=O)N2CCOCC2)c1)c1ccc(C(F)(F)F)cc1. The number of ether oxygens (including phenoxy) is 1. The van der Waals surface area contributed by atoms with Crippen molar-refractivity contribution >= 4 is 15.9 Å². The lowest BCUT2D eigenvalue weighted by molar-refractivity contribution is -0.137. The first-order chi connectivity index (χ1) is 14.1. The number of amides is 1. The zero-order valence-corrected chi connectivity index (χ0v) is 17.0. The summed E-state index contributed by atoms with van der Waals surface area (Å²) in [5, 5.41) is 2.68. The number of nitrogens with zero attached hydrogens (tertiary/aromatic N) is 1. The van der Waals surface area contributed by atoms with E-state index in [1.54, 1.807) is 6.92 Å². The highest BCUT2D eigenvalue weighted by Gasteiger charge is 2.30. The Bertz CT molecular complexity index is 1000. The Labute approximate surface area is 172 Å². The summed E-state index contributed by atoms with van der Waals surface area (Å²) in [6.45, 7) is 2.73. The van der Waals surface area contributed by atoms with Gasteiger partial charge in [-0.25, -0.2) is 8.42 Å². The van der Waals surface area contributed by atoms with Crippen molar-refractivity contribution in [3.8, 4) is 0 Å². The molecule has 1 atom stereocenters. The summed E-state index contributed by atoms with van der Waals surface area (Å²) in [5.74, 6) is -0.526. The van der Waals surface area contributed by atoms with Gasteiger partial charge in [0.05, 0.1) is 29.7 Å². The number of alkyl halides is 3. The predicted molar refractivity (Wildman–Crippen MR) is 103 cm³/mol. The van der Waals surface area contributed by atoms with Crippen LogP contribution >= 0.6 is 0 Å². The van der Waals surface area contributed by atoms with Gasteiger partial charge in [-0.1, -0.05) is 18.2 Å². The molecule has 2 aromatic carbocycles. The van der Waals surface area contributed by atoms with Gasteiger partial charge in [-0.2, -0.15) is 17.5 Å². The highest BCUT2D eigenvalue weighted by atomic mass is 32.2. The fourth-order valence-corrected chi connectivity index (χ4v) is 4.51. The Morgan fingerprint density at radius 1 is 1.10 bits per heavy atom. The lowest BCUT2D eigenvalue weighted by Gasteiger charge is -2.26. The number of carbonyl (C=O) groups excluding carboxylic acids is 1. The molecule has 1 heterocycles. The molecule has 162 valence electrons. The second-order valence-corrected chi connectivity index (χ2v) is 8.80. The first-order valence-electron chi connectivity index (χ1n) is 9.25. The van der Waals surface area contributed by atoms with E-state index >= 15 is 0 Å². The van der Waals surface area contributed by atoms with Crippen LogP contribution in [0.1, 0.15) is 34.5 Å².